The molecule has 2 heterocycles. The second-order valence-corrected chi connectivity index (χ2v) is 4.90. The van der Waals surface area contributed by atoms with Crippen LogP contribution >= 0.6 is 0 Å². The Morgan fingerprint density at radius 1 is 1.45 bits per heavy atom. The Hall–Kier alpha value is -1.85. The normalized spacial score (nSPS) is 19.3. The average Bonchev–Trinajstić information content (AvgIpc) is 2.53. The third-order valence-corrected chi connectivity index (χ3v) is 3.65. The molecule has 2 N–H and O–H groups in total. The minimum Gasteiger partial charge on any atom is -0.497 e. The van der Waals surface area contributed by atoms with Crippen molar-refractivity contribution in [3.05, 3.63) is 30.5 Å². The number of anilines is 1. The van der Waals surface area contributed by atoms with Crippen LogP contribution < -0.4 is 15.4 Å². The van der Waals surface area contributed by atoms with Crippen molar-refractivity contribution in [1.82, 2.24) is 4.98 Å². The molecule has 0 radical (unpaired) electrons. The highest BCUT2D eigenvalue weighted by atomic mass is 16.5. The first-order valence-electron chi connectivity index (χ1n) is 6.81. The molecule has 3 rings (SSSR count). The summed E-state index contributed by atoms with van der Waals surface area (Å²) in [5.41, 5.74) is 5.71. The number of morpholine rings is 1. The fourth-order valence-corrected chi connectivity index (χ4v) is 2.57. The summed E-state index contributed by atoms with van der Waals surface area (Å²) in [6.45, 7) is 2.86. The van der Waals surface area contributed by atoms with Gasteiger partial charge < -0.3 is 20.1 Å². The van der Waals surface area contributed by atoms with Crippen LogP contribution in [-0.2, 0) is 4.74 Å². The van der Waals surface area contributed by atoms with E-state index in [1.807, 2.05) is 24.4 Å². The van der Waals surface area contributed by atoms with Gasteiger partial charge in [0.25, 0.3) is 0 Å². The molecule has 0 spiro atoms. The zero-order valence-electron chi connectivity index (χ0n) is 11.6. The average molecular weight is 273 g/mol. The standard InChI is InChI=1S/C15H19N3O2/c1-19-12-2-3-14-11(8-12)4-5-17-15(14)18-6-7-20-13(9-16)10-18/h2-5,8,13H,6-7,9-10,16H2,1H3. The summed E-state index contributed by atoms with van der Waals surface area (Å²) in [6, 6.07) is 8.06. The summed E-state index contributed by atoms with van der Waals surface area (Å²) < 4.78 is 10.9. The maximum Gasteiger partial charge on any atom is 0.136 e. The number of nitrogens with two attached hydrogens (primary N) is 1. The summed E-state index contributed by atoms with van der Waals surface area (Å²) in [5.74, 6) is 1.85. The second-order valence-electron chi connectivity index (χ2n) is 4.90. The van der Waals surface area contributed by atoms with E-state index in [2.05, 4.69) is 16.0 Å². The Morgan fingerprint density at radius 3 is 3.15 bits per heavy atom. The van der Waals surface area contributed by atoms with E-state index < -0.39 is 0 Å². The van der Waals surface area contributed by atoms with Crippen LogP contribution in [0.25, 0.3) is 10.8 Å². The van der Waals surface area contributed by atoms with Crippen molar-refractivity contribution in [1.29, 1.82) is 0 Å². The van der Waals surface area contributed by atoms with Gasteiger partial charge in [-0.2, -0.15) is 0 Å². The SMILES string of the molecule is COc1ccc2c(N3CCOC(CN)C3)nccc2c1. The zero-order chi connectivity index (χ0) is 13.9. The van der Waals surface area contributed by atoms with Crippen molar-refractivity contribution in [2.45, 2.75) is 6.10 Å². The Labute approximate surface area is 118 Å². The zero-order valence-corrected chi connectivity index (χ0v) is 11.6. The largest absolute Gasteiger partial charge is 0.497 e. The predicted molar refractivity (Wildman–Crippen MR) is 79.3 cm³/mol. The van der Waals surface area contributed by atoms with Gasteiger partial charge in [0.2, 0.25) is 0 Å². The van der Waals surface area contributed by atoms with E-state index in [1.165, 1.54) is 0 Å². The van der Waals surface area contributed by atoms with E-state index in [0.717, 1.165) is 35.4 Å². The molecule has 106 valence electrons. The van der Waals surface area contributed by atoms with Crippen LogP contribution in [0.5, 0.6) is 5.75 Å². The van der Waals surface area contributed by atoms with Gasteiger partial charge in [-0.3, -0.25) is 0 Å². The lowest BCUT2D eigenvalue weighted by atomic mass is 10.1. The molecule has 0 aliphatic carbocycles. The minimum atomic E-state index is 0.0825. The van der Waals surface area contributed by atoms with Crippen LogP contribution in [-0.4, -0.2) is 44.4 Å². The molecule has 0 amide bonds. The third kappa shape index (κ3) is 2.42. The summed E-state index contributed by atoms with van der Waals surface area (Å²) in [6.07, 6.45) is 1.92. The summed E-state index contributed by atoms with van der Waals surface area (Å²) >= 11 is 0. The van der Waals surface area contributed by atoms with Gasteiger partial charge >= 0.3 is 0 Å². The molecule has 1 aliphatic heterocycles. The van der Waals surface area contributed by atoms with Crippen molar-refractivity contribution in [2.24, 2.45) is 5.73 Å². The smallest absolute Gasteiger partial charge is 0.136 e. The highest BCUT2D eigenvalue weighted by molar-refractivity contribution is 5.93. The van der Waals surface area contributed by atoms with Crippen molar-refractivity contribution < 1.29 is 9.47 Å². The van der Waals surface area contributed by atoms with Crippen LogP contribution in [0.15, 0.2) is 30.5 Å². The van der Waals surface area contributed by atoms with Crippen molar-refractivity contribution in [3.8, 4) is 5.75 Å². The highest BCUT2D eigenvalue weighted by Gasteiger charge is 2.21. The van der Waals surface area contributed by atoms with E-state index in [-0.39, 0.29) is 6.10 Å². The number of benzene rings is 1. The molecule has 1 fully saturated rings. The number of methoxy groups -OCH3 is 1. The number of hydrogen-bond donors (Lipinski definition) is 1. The number of fused-ring (bicyclic) bond motifs is 1. The molecule has 0 bridgehead atoms. The van der Waals surface area contributed by atoms with E-state index in [0.29, 0.717) is 13.2 Å². The number of rotatable bonds is 3. The van der Waals surface area contributed by atoms with Crippen LogP contribution in [0.1, 0.15) is 0 Å². The molecule has 1 saturated heterocycles. The number of hydrogen-bond acceptors (Lipinski definition) is 5. The number of aromatic nitrogens is 1. The van der Waals surface area contributed by atoms with Gasteiger partial charge in [-0.25, -0.2) is 4.98 Å². The maximum absolute atomic E-state index is 5.71. The second kappa shape index (κ2) is 5.64. The van der Waals surface area contributed by atoms with E-state index in [4.69, 9.17) is 15.2 Å². The lowest BCUT2D eigenvalue weighted by molar-refractivity contribution is 0.0464. The van der Waals surface area contributed by atoms with Gasteiger partial charge in [0.05, 0.1) is 19.8 Å². The van der Waals surface area contributed by atoms with Crippen LogP contribution in [0.2, 0.25) is 0 Å². The van der Waals surface area contributed by atoms with Gasteiger partial charge in [-0.1, -0.05) is 0 Å². The molecule has 1 aromatic carbocycles. The quantitative estimate of drug-likeness (QED) is 0.916. The highest BCUT2D eigenvalue weighted by Crippen LogP contribution is 2.28. The van der Waals surface area contributed by atoms with Gasteiger partial charge in [-0.15, -0.1) is 0 Å². The molecule has 2 aromatic rings. The van der Waals surface area contributed by atoms with Gasteiger partial charge in [0.15, 0.2) is 0 Å². The summed E-state index contributed by atoms with van der Waals surface area (Å²) in [5, 5.41) is 2.26. The Morgan fingerprint density at radius 2 is 2.35 bits per heavy atom. The molecular weight excluding hydrogens is 254 g/mol. The van der Waals surface area contributed by atoms with Gasteiger partial charge in [-0.05, 0) is 29.7 Å². The predicted octanol–water partition coefficient (Wildman–Crippen LogP) is 1.41. The Bertz CT molecular complexity index is 603. The number of nitrogens with zero attached hydrogens (tertiary/aromatic N) is 2. The van der Waals surface area contributed by atoms with E-state index in [1.54, 1.807) is 7.11 Å². The molecule has 1 aliphatic rings. The molecular formula is C15H19N3O2. The minimum absolute atomic E-state index is 0.0825. The van der Waals surface area contributed by atoms with E-state index >= 15 is 0 Å². The Kier molecular flexibility index (Phi) is 3.71. The van der Waals surface area contributed by atoms with Gasteiger partial charge in [0, 0.05) is 31.2 Å². The first-order chi connectivity index (χ1) is 9.81. The van der Waals surface area contributed by atoms with Crippen LogP contribution in [0.3, 0.4) is 0 Å². The number of pyridine rings is 1. The van der Waals surface area contributed by atoms with Crippen molar-refractivity contribution >= 4 is 16.6 Å². The molecule has 0 saturated carbocycles. The topological polar surface area (TPSA) is 60.6 Å². The fraction of sp³-hybridized carbons (Fsp3) is 0.400. The lowest BCUT2D eigenvalue weighted by Crippen LogP contribution is -2.46. The van der Waals surface area contributed by atoms with Crippen LogP contribution in [0, 0.1) is 0 Å². The van der Waals surface area contributed by atoms with E-state index in [9.17, 15) is 0 Å². The first-order valence-corrected chi connectivity index (χ1v) is 6.81. The summed E-state index contributed by atoms with van der Waals surface area (Å²) in [7, 11) is 1.68. The maximum atomic E-state index is 5.71. The summed E-state index contributed by atoms with van der Waals surface area (Å²) in [4.78, 5) is 6.79. The molecule has 1 aromatic heterocycles. The molecule has 1 unspecified atom stereocenters. The monoisotopic (exact) mass is 273 g/mol. The van der Waals surface area contributed by atoms with Crippen molar-refractivity contribution in [3.63, 3.8) is 0 Å². The first kappa shape index (κ1) is 13.1. The van der Waals surface area contributed by atoms with Gasteiger partial charge in [0.1, 0.15) is 11.6 Å². The molecule has 5 heteroatoms. The van der Waals surface area contributed by atoms with Crippen molar-refractivity contribution in [2.75, 3.05) is 38.3 Å². The third-order valence-electron chi connectivity index (χ3n) is 3.65. The molecule has 1 atom stereocenters. The molecule has 20 heavy (non-hydrogen) atoms. The lowest BCUT2D eigenvalue weighted by Gasteiger charge is -2.33. The molecule has 5 nitrogen and oxygen atoms in total. The number of ether oxygens (including phenoxy) is 2. The Balaban J connectivity index is 1.98. The fourth-order valence-electron chi connectivity index (χ4n) is 2.57. The van der Waals surface area contributed by atoms with Crippen LogP contribution in [0.4, 0.5) is 5.82 Å².